The SMILES string of the molecule is O=C(CSc1ccnc(=O)[nH]1)Nc1ccccc1. The second kappa shape index (κ2) is 6.02. The summed E-state index contributed by atoms with van der Waals surface area (Å²) >= 11 is 1.25. The van der Waals surface area contributed by atoms with E-state index < -0.39 is 5.69 Å². The Balaban J connectivity index is 1.87. The Kier molecular flexibility index (Phi) is 4.14. The van der Waals surface area contributed by atoms with Crippen LogP contribution in [-0.4, -0.2) is 21.6 Å². The molecule has 0 aliphatic heterocycles. The fourth-order valence-electron chi connectivity index (χ4n) is 1.30. The van der Waals surface area contributed by atoms with Gasteiger partial charge in [0, 0.05) is 11.9 Å². The van der Waals surface area contributed by atoms with Gasteiger partial charge in [-0.1, -0.05) is 30.0 Å². The van der Waals surface area contributed by atoms with Crippen LogP contribution in [0.4, 0.5) is 5.69 Å². The van der Waals surface area contributed by atoms with Crippen molar-refractivity contribution in [2.45, 2.75) is 5.03 Å². The number of aromatic nitrogens is 2. The average molecular weight is 261 g/mol. The lowest BCUT2D eigenvalue weighted by atomic mass is 10.3. The van der Waals surface area contributed by atoms with Gasteiger partial charge in [-0.3, -0.25) is 4.79 Å². The van der Waals surface area contributed by atoms with Crippen molar-refractivity contribution in [3.05, 3.63) is 53.1 Å². The van der Waals surface area contributed by atoms with E-state index in [4.69, 9.17) is 0 Å². The van der Waals surface area contributed by atoms with Crippen LogP contribution in [0.1, 0.15) is 0 Å². The van der Waals surface area contributed by atoms with Crippen molar-refractivity contribution in [3.8, 4) is 0 Å². The molecule has 2 aromatic rings. The maximum absolute atomic E-state index is 11.6. The van der Waals surface area contributed by atoms with Gasteiger partial charge in [-0.15, -0.1) is 0 Å². The van der Waals surface area contributed by atoms with Crippen molar-refractivity contribution < 1.29 is 4.79 Å². The van der Waals surface area contributed by atoms with E-state index in [9.17, 15) is 9.59 Å². The molecule has 0 bridgehead atoms. The van der Waals surface area contributed by atoms with Crippen molar-refractivity contribution in [2.75, 3.05) is 11.1 Å². The van der Waals surface area contributed by atoms with Gasteiger partial charge < -0.3 is 10.3 Å². The van der Waals surface area contributed by atoms with Gasteiger partial charge in [0.15, 0.2) is 0 Å². The van der Waals surface area contributed by atoms with Crippen LogP contribution in [0.3, 0.4) is 0 Å². The summed E-state index contributed by atoms with van der Waals surface area (Å²) in [6.07, 6.45) is 1.41. The monoisotopic (exact) mass is 261 g/mol. The van der Waals surface area contributed by atoms with Crippen LogP contribution < -0.4 is 11.0 Å². The maximum Gasteiger partial charge on any atom is 0.345 e. The first-order valence-electron chi connectivity index (χ1n) is 5.27. The first-order chi connectivity index (χ1) is 8.74. The van der Waals surface area contributed by atoms with Crippen molar-refractivity contribution in [2.24, 2.45) is 0 Å². The number of H-pyrrole nitrogens is 1. The number of aromatic amines is 1. The number of nitrogens with one attached hydrogen (secondary N) is 2. The lowest BCUT2D eigenvalue weighted by Crippen LogP contribution is -2.15. The fourth-order valence-corrected chi connectivity index (χ4v) is 1.97. The van der Waals surface area contributed by atoms with E-state index >= 15 is 0 Å². The zero-order valence-electron chi connectivity index (χ0n) is 9.42. The van der Waals surface area contributed by atoms with E-state index in [-0.39, 0.29) is 11.7 Å². The van der Waals surface area contributed by atoms with Crippen molar-refractivity contribution in [1.82, 2.24) is 9.97 Å². The van der Waals surface area contributed by atoms with Gasteiger partial charge in [-0.25, -0.2) is 9.78 Å². The zero-order valence-corrected chi connectivity index (χ0v) is 10.2. The molecular formula is C12H11N3O2S. The highest BCUT2D eigenvalue weighted by atomic mass is 32.2. The third-order valence-corrected chi connectivity index (χ3v) is 3.02. The molecule has 92 valence electrons. The van der Waals surface area contributed by atoms with Gasteiger partial charge >= 0.3 is 5.69 Å². The van der Waals surface area contributed by atoms with Gasteiger partial charge in [-0.2, -0.15) is 0 Å². The molecule has 0 aliphatic rings. The van der Waals surface area contributed by atoms with E-state index in [0.717, 1.165) is 5.69 Å². The number of para-hydroxylation sites is 1. The molecule has 18 heavy (non-hydrogen) atoms. The van der Waals surface area contributed by atoms with Crippen LogP contribution >= 0.6 is 11.8 Å². The van der Waals surface area contributed by atoms with E-state index in [1.165, 1.54) is 18.0 Å². The highest BCUT2D eigenvalue weighted by Gasteiger charge is 2.03. The predicted octanol–water partition coefficient (Wildman–Crippen LogP) is 1.50. The predicted molar refractivity (Wildman–Crippen MR) is 70.7 cm³/mol. The summed E-state index contributed by atoms with van der Waals surface area (Å²) in [4.78, 5) is 28.6. The Morgan fingerprint density at radius 3 is 2.78 bits per heavy atom. The number of amides is 1. The van der Waals surface area contributed by atoms with Crippen LogP contribution in [0.2, 0.25) is 0 Å². The number of hydrogen-bond acceptors (Lipinski definition) is 4. The van der Waals surface area contributed by atoms with Crippen LogP contribution in [0.25, 0.3) is 0 Å². The van der Waals surface area contributed by atoms with Gasteiger partial charge in [0.2, 0.25) is 5.91 Å². The molecule has 0 atom stereocenters. The summed E-state index contributed by atoms with van der Waals surface area (Å²) in [5.74, 6) is 0.110. The number of hydrogen-bond donors (Lipinski definition) is 2. The van der Waals surface area contributed by atoms with Gasteiger partial charge in [0.05, 0.1) is 10.8 Å². The molecule has 1 aromatic heterocycles. The molecule has 0 aliphatic carbocycles. The van der Waals surface area contributed by atoms with Crippen LogP contribution in [-0.2, 0) is 4.79 Å². The Bertz CT molecular complexity index is 583. The van der Waals surface area contributed by atoms with E-state index in [2.05, 4.69) is 15.3 Å². The highest BCUT2D eigenvalue weighted by molar-refractivity contribution is 7.99. The maximum atomic E-state index is 11.6. The lowest BCUT2D eigenvalue weighted by Gasteiger charge is -2.04. The van der Waals surface area contributed by atoms with E-state index in [1.54, 1.807) is 6.07 Å². The van der Waals surface area contributed by atoms with Gasteiger partial charge in [-0.05, 0) is 18.2 Å². The minimum Gasteiger partial charge on any atom is -0.325 e. The smallest absolute Gasteiger partial charge is 0.325 e. The Labute approximate surface area is 108 Å². The number of nitrogens with zero attached hydrogens (tertiary/aromatic N) is 1. The number of thioether (sulfide) groups is 1. The molecule has 0 saturated carbocycles. The second-order valence-corrected chi connectivity index (χ2v) is 4.46. The molecule has 0 radical (unpaired) electrons. The van der Waals surface area contributed by atoms with Crippen LogP contribution in [0.15, 0.2) is 52.4 Å². The van der Waals surface area contributed by atoms with Crippen molar-refractivity contribution in [3.63, 3.8) is 0 Å². The minimum atomic E-state index is -0.413. The van der Waals surface area contributed by atoms with Gasteiger partial charge in [0.1, 0.15) is 0 Å². The minimum absolute atomic E-state index is 0.121. The molecular weight excluding hydrogens is 250 g/mol. The molecule has 1 amide bonds. The van der Waals surface area contributed by atoms with Crippen LogP contribution in [0.5, 0.6) is 0 Å². The van der Waals surface area contributed by atoms with Gasteiger partial charge in [0.25, 0.3) is 0 Å². The highest BCUT2D eigenvalue weighted by Crippen LogP contribution is 2.13. The quantitative estimate of drug-likeness (QED) is 0.646. The lowest BCUT2D eigenvalue weighted by molar-refractivity contribution is -0.113. The van der Waals surface area contributed by atoms with E-state index in [1.807, 2.05) is 30.3 Å². The topological polar surface area (TPSA) is 74.8 Å². The fraction of sp³-hybridized carbons (Fsp3) is 0.0833. The first kappa shape index (κ1) is 12.4. The van der Waals surface area contributed by atoms with E-state index in [0.29, 0.717) is 5.03 Å². The summed E-state index contributed by atoms with van der Waals surface area (Å²) in [6.45, 7) is 0. The normalized spacial score (nSPS) is 10.0. The number of carbonyl (C=O) groups excluding carboxylic acids is 1. The second-order valence-electron chi connectivity index (χ2n) is 3.44. The first-order valence-corrected chi connectivity index (χ1v) is 6.25. The molecule has 0 fully saturated rings. The summed E-state index contributed by atoms with van der Waals surface area (Å²) in [6, 6.07) is 10.9. The molecule has 0 unspecified atom stereocenters. The summed E-state index contributed by atoms with van der Waals surface area (Å²) in [5, 5.41) is 3.38. The molecule has 6 heteroatoms. The molecule has 2 N–H and O–H groups in total. The third kappa shape index (κ3) is 3.74. The summed E-state index contributed by atoms with van der Waals surface area (Å²) in [7, 11) is 0. The molecule has 1 heterocycles. The number of anilines is 1. The summed E-state index contributed by atoms with van der Waals surface area (Å²) in [5.41, 5.74) is 0.342. The Hall–Kier alpha value is -2.08. The standard InChI is InChI=1S/C12H11N3O2S/c16-10(14-9-4-2-1-3-5-9)8-18-11-6-7-13-12(17)15-11/h1-7H,8H2,(H,14,16)(H,13,15,17). The van der Waals surface area contributed by atoms with Crippen molar-refractivity contribution in [1.29, 1.82) is 0 Å². The van der Waals surface area contributed by atoms with Crippen LogP contribution in [0, 0.1) is 0 Å². The third-order valence-electron chi connectivity index (χ3n) is 2.06. The molecule has 0 spiro atoms. The molecule has 2 rings (SSSR count). The number of benzene rings is 1. The average Bonchev–Trinajstić information content (AvgIpc) is 2.38. The molecule has 5 nitrogen and oxygen atoms in total. The summed E-state index contributed by atoms with van der Waals surface area (Å²) < 4.78 is 0. The molecule has 1 aromatic carbocycles. The van der Waals surface area contributed by atoms with Crippen molar-refractivity contribution >= 4 is 23.4 Å². The Morgan fingerprint density at radius 2 is 2.06 bits per heavy atom. The molecule has 0 saturated heterocycles. The Morgan fingerprint density at radius 1 is 1.28 bits per heavy atom. The zero-order chi connectivity index (χ0) is 12.8. The largest absolute Gasteiger partial charge is 0.345 e. The number of carbonyl (C=O) groups is 1. The number of rotatable bonds is 4.